The summed E-state index contributed by atoms with van der Waals surface area (Å²) < 4.78 is 18.5. The van der Waals surface area contributed by atoms with E-state index in [4.69, 9.17) is 59.8 Å². The van der Waals surface area contributed by atoms with Gasteiger partial charge < -0.3 is 25.3 Å². The lowest BCUT2D eigenvalue weighted by Crippen LogP contribution is -2.22. The summed E-state index contributed by atoms with van der Waals surface area (Å²) in [6.45, 7) is 16.7. The molecule has 0 aliphatic heterocycles. The molecule has 0 atom stereocenters. The molecule has 10 rings (SSSR count). The third-order valence-corrected chi connectivity index (χ3v) is 12.7. The molecule has 0 bridgehead atoms. The van der Waals surface area contributed by atoms with Gasteiger partial charge in [0.1, 0.15) is 43.0 Å². The second-order valence-electron chi connectivity index (χ2n) is 21.0. The Morgan fingerprint density at radius 3 is 1.46 bits per heavy atom. The Morgan fingerprint density at radius 2 is 1.00 bits per heavy atom. The van der Waals surface area contributed by atoms with Gasteiger partial charge in [0.05, 0.1) is 40.8 Å². The molecule has 3 amide bonds. The Morgan fingerprint density at radius 1 is 0.554 bits per heavy atom. The van der Waals surface area contributed by atoms with Crippen molar-refractivity contribution in [1.82, 2.24) is 39.5 Å². The van der Waals surface area contributed by atoms with E-state index in [-0.39, 0.29) is 30.9 Å². The van der Waals surface area contributed by atoms with Crippen molar-refractivity contribution < 1.29 is 23.8 Å². The number of ether oxygens (including phenoxy) is 3. The summed E-state index contributed by atoms with van der Waals surface area (Å²) in [5.41, 5.74) is 14.0. The molecule has 20 heteroatoms. The van der Waals surface area contributed by atoms with E-state index in [9.17, 15) is 9.59 Å². The lowest BCUT2D eigenvalue weighted by Gasteiger charge is -2.14. The predicted octanol–water partition coefficient (Wildman–Crippen LogP) is 15.5. The molecule has 0 spiro atoms. The number of aromatic nitrogens is 8. The van der Waals surface area contributed by atoms with Gasteiger partial charge in [0.2, 0.25) is 3.79 Å². The minimum Gasteiger partial charge on any atom is -0.488 e. The molecular formula is C63H67Cl3N12O5. The van der Waals surface area contributed by atoms with Crippen LogP contribution in [0.5, 0.6) is 11.5 Å². The number of pyridine rings is 4. The van der Waals surface area contributed by atoms with Gasteiger partial charge in [0.25, 0.3) is 0 Å². The number of nitrogen functional groups attached to an aromatic ring is 1. The van der Waals surface area contributed by atoms with E-state index in [0.717, 1.165) is 78.3 Å². The van der Waals surface area contributed by atoms with Crippen LogP contribution in [0.25, 0.3) is 32.9 Å². The minimum absolute atomic E-state index is 0. The molecule has 6 aromatic heterocycles. The third kappa shape index (κ3) is 17.1. The second kappa shape index (κ2) is 27.3. The summed E-state index contributed by atoms with van der Waals surface area (Å²) in [4.78, 5) is 41.9. The van der Waals surface area contributed by atoms with Crippen LogP contribution in [0.1, 0.15) is 82.9 Å². The van der Waals surface area contributed by atoms with Crippen LogP contribution in [-0.4, -0.2) is 62.0 Å². The van der Waals surface area contributed by atoms with Crippen molar-refractivity contribution in [3.63, 3.8) is 0 Å². The average molecular weight is 1180 g/mol. The fourth-order valence-corrected chi connectivity index (χ4v) is 8.17. The molecule has 0 fully saturated rings. The van der Waals surface area contributed by atoms with Crippen molar-refractivity contribution in [3.05, 3.63) is 205 Å². The molecule has 83 heavy (non-hydrogen) atoms. The highest BCUT2D eigenvalue weighted by molar-refractivity contribution is 6.67. The van der Waals surface area contributed by atoms with Gasteiger partial charge in [-0.3, -0.25) is 30.6 Å². The number of nitrogens with one attached hydrogen (secondary N) is 3. The number of carbonyl (C=O) groups excluding carboxylic acids is 2. The lowest BCUT2D eigenvalue weighted by molar-refractivity contribution is 0.163. The fourth-order valence-electron chi connectivity index (χ4n) is 8.00. The number of halogens is 3. The minimum atomic E-state index is -1.67. The van der Waals surface area contributed by atoms with Crippen LogP contribution >= 0.6 is 34.8 Å². The van der Waals surface area contributed by atoms with Crippen LogP contribution < -0.4 is 31.2 Å². The molecule has 0 radical (unpaired) electrons. The predicted molar refractivity (Wildman–Crippen MR) is 334 cm³/mol. The van der Waals surface area contributed by atoms with Crippen LogP contribution in [0, 0.1) is 13.8 Å². The molecule has 17 nitrogen and oxygen atoms in total. The zero-order chi connectivity index (χ0) is 58.6. The van der Waals surface area contributed by atoms with E-state index < -0.39 is 9.89 Å². The molecule has 0 aliphatic rings. The van der Waals surface area contributed by atoms with Gasteiger partial charge >= 0.3 is 12.1 Å². The number of aryl methyl sites for hydroxylation is 2. The Hall–Kier alpha value is -8.77. The summed E-state index contributed by atoms with van der Waals surface area (Å²) in [5.74, 6) is 2.58. The van der Waals surface area contributed by atoms with Crippen LogP contribution in [0.3, 0.4) is 0 Å². The normalized spacial score (nSPS) is 11.3. The van der Waals surface area contributed by atoms with Gasteiger partial charge in [-0.1, -0.05) is 132 Å². The van der Waals surface area contributed by atoms with E-state index in [0.29, 0.717) is 36.2 Å². The van der Waals surface area contributed by atoms with E-state index >= 15 is 0 Å². The molecule has 0 aliphatic carbocycles. The number of anilines is 4. The lowest BCUT2D eigenvalue weighted by atomic mass is 9.92. The van der Waals surface area contributed by atoms with Crippen molar-refractivity contribution in [2.24, 2.45) is 0 Å². The molecule has 0 unspecified atom stereocenters. The largest absolute Gasteiger partial charge is 0.488 e. The average Bonchev–Trinajstić information content (AvgIpc) is 4.04. The molecule has 6 heterocycles. The SMILES string of the molecule is C.Cc1ccc(-n2nc(C(C)(C)C)cc2NC(=O)Nc2ccc(OCc3ccncc3)c3ccccc23)cn1.Cc1ccc(-n2nc(C(C)(C)C)cc2NC(=O)OCC(Cl)(Cl)Cl)cn1.Nc1ccc(OCc2ccncc2)c2ccccc12. The molecular weight excluding hydrogens is 1110 g/mol. The van der Waals surface area contributed by atoms with E-state index in [2.05, 4.69) is 61.8 Å². The van der Waals surface area contributed by atoms with Crippen LogP contribution in [0.2, 0.25) is 0 Å². The van der Waals surface area contributed by atoms with Crippen LogP contribution in [0.4, 0.5) is 32.6 Å². The second-order valence-corrected chi connectivity index (χ2v) is 23.5. The maximum absolute atomic E-state index is 13.2. The fraction of sp³-hybridized carbons (Fsp3) is 0.238. The topological polar surface area (TPSA) is 211 Å². The first kappa shape index (κ1) is 61.8. The van der Waals surface area contributed by atoms with Crippen molar-refractivity contribution in [2.75, 3.05) is 28.3 Å². The van der Waals surface area contributed by atoms with Gasteiger partial charge in [-0.25, -0.2) is 19.0 Å². The Bertz CT molecular complexity index is 3770. The maximum Gasteiger partial charge on any atom is 0.412 e. The van der Waals surface area contributed by atoms with Gasteiger partial charge in [-0.05, 0) is 97.8 Å². The molecule has 4 aromatic carbocycles. The number of carbonyl (C=O) groups is 2. The first-order valence-corrected chi connectivity index (χ1v) is 27.2. The molecule has 0 saturated carbocycles. The number of urea groups is 1. The monoisotopic (exact) mass is 1180 g/mol. The van der Waals surface area contributed by atoms with E-state index in [1.165, 1.54) is 0 Å². The zero-order valence-electron chi connectivity index (χ0n) is 46.6. The Labute approximate surface area is 498 Å². The molecule has 0 saturated heterocycles. The van der Waals surface area contributed by atoms with Crippen LogP contribution in [0.15, 0.2) is 171 Å². The molecule has 430 valence electrons. The van der Waals surface area contributed by atoms with Crippen molar-refractivity contribution in [3.8, 4) is 22.9 Å². The van der Waals surface area contributed by atoms with E-state index in [1.807, 2.05) is 162 Å². The summed E-state index contributed by atoms with van der Waals surface area (Å²) in [5, 5.41) is 21.8. The highest BCUT2D eigenvalue weighted by Gasteiger charge is 2.26. The van der Waals surface area contributed by atoms with Crippen molar-refractivity contribution in [1.29, 1.82) is 0 Å². The zero-order valence-corrected chi connectivity index (χ0v) is 48.9. The number of nitrogens with zero attached hydrogens (tertiary/aromatic N) is 8. The Kier molecular flexibility index (Phi) is 20.4. The number of alkyl halides is 3. The summed E-state index contributed by atoms with van der Waals surface area (Å²) in [7, 11) is 0. The smallest absolute Gasteiger partial charge is 0.412 e. The third-order valence-electron chi connectivity index (χ3n) is 12.4. The highest BCUT2D eigenvalue weighted by atomic mass is 35.6. The summed E-state index contributed by atoms with van der Waals surface area (Å²) in [6.07, 6.45) is 9.69. The van der Waals surface area contributed by atoms with Crippen molar-refractivity contribution in [2.45, 2.75) is 90.7 Å². The van der Waals surface area contributed by atoms with Gasteiger partial charge in [-0.2, -0.15) is 10.2 Å². The van der Waals surface area contributed by atoms with Crippen molar-refractivity contribution >= 4 is 91.5 Å². The number of rotatable bonds is 12. The standard InChI is InChI=1S/C30H30N6O2.C16H19Cl3N4O2.C16H14N2O.CH4/c1-20-9-10-22(18-32-20)36-28(17-27(35-36)30(2,3)4)34-29(37)33-25-11-12-26(24-8-6-5-7-23(24)25)38-19-21-13-15-31-16-14-21;1-10-5-6-11(8-20-10)23-13(7-12(22-23)15(2,3)4)21-14(24)25-9-16(17,18)19;17-15-5-6-16(14-4-2-1-3-13(14)15)19-11-12-7-9-18-10-8-12;/h5-18H,19H2,1-4H3,(H2,33,34,37);5-8H,9H2,1-4H3,(H,21,24);1-10H,11,17H2;1H4. The number of hydrogen-bond donors (Lipinski definition) is 4. The maximum atomic E-state index is 13.2. The number of fused-ring (bicyclic) bond motifs is 2. The number of hydrogen-bond acceptors (Lipinski definition) is 12. The number of nitrogens with two attached hydrogens (primary N) is 1. The van der Waals surface area contributed by atoms with Crippen LogP contribution in [-0.2, 0) is 28.8 Å². The Balaban J connectivity index is 0.000000190. The number of amides is 3. The summed E-state index contributed by atoms with van der Waals surface area (Å²) in [6, 6.07) is 41.9. The first-order valence-electron chi connectivity index (χ1n) is 26.1. The molecule has 5 N–H and O–H groups in total. The number of benzene rings is 4. The quantitative estimate of drug-likeness (QED) is 0.0665. The van der Waals surface area contributed by atoms with Gasteiger partial charge in [0, 0.05) is 86.4 Å². The van der Waals surface area contributed by atoms with E-state index in [1.54, 1.807) is 52.6 Å². The first-order chi connectivity index (χ1) is 39.1. The van der Waals surface area contributed by atoms with Gasteiger partial charge in [-0.15, -0.1) is 0 Å². The van der Waals surface area contributed by atoms with Gasteiger partial charge in [0.15, 0.2) is 0 Å². The molecule has 10 aromatic rings. The summed E-state index contributed by atoms with van der Waals surface area (Å²) >= 11 is 16.8. The highest BCUT2D eigenvalue weighted by Crippen LogP contribution is 2.34.